The lowest BCUT2D eigenvalue weighted by Gasteiger charge is -2.37. The van der Waals surface area contributed by atoms with Gasteiger partial charge in [0.2, 0.25) is 5.96 Å². The number of hydrazine groups is 1. The van der Waals surface area contributed by atoms with Gasteiger partial charge in [-0.1, -0.05) is 30.3 Å². The van der Waals surface area contributed by atoms with E-state index >= 15 is 0 Å². The number of aromatic nitrogens is 1. The molecular formula is C17H21ClN6. The van der Waals surface area contributed by atoms with Gasteiger partial charge in [-0.05, 0) is 17.7 Å². The van der Waals surface area contributed by atoms with Gasteiger partial charge in [-0.3, -0.25) is 15.8 Å². The first kappa shape index (κ1) is 16.5. The van der Waals surface area contributed by atoms with Crippen LogP contribution >= 0.6 is 12.4 Å². The minimum atomic E-state index is 0. The molecule has 2 aromatic rings. The summed E-state index contributed by atoms with van der Waals surface area (Å²) in [6.07, 6.45) is 1.77. The predicted octanol–water partition coefficient (Wildman–Crippen LogP) is 2.24. The average molecular weight is 345 g/mol. The zero-order valence-corrected chi connectivity index (χ0v) is 14.2. The summed E-state index contributed by atoms with van der Waals surface area (Å²) < 4.78 is 0. The molecule has 3 heterocycles. The molecule has 0 unspecified atom stereocenters. The Labute approximate surface area is 148 Å². The Balaban J connectivity index is 0.00000169. The molecule has 6 nitrogen and oxygen atoms in total. The van der Waals surface area contributed by atoms with E-state index in [9.17, 15) is 0 Å². The molecule has 126 valence electrons. The molecule has 24 heavy (non-hydrogen) atoms. The van der Waals surface area contributed by atoms with Crippen LogP contribution in [0, 0.1) is 0 Å². The molecule has 0 amide bonds. The SMILES string of the molecule is Cl.c1ccc(CN2CCN(C3=Nc4ncccc4NN3)CC2)cc1. The van der Waals surface area contributed by atoms with Gasteiger partial charge in [0.15, 0.2) is 5.82 Å². The number of halogens is 1. The van der Waals surface area contributed by atoms with Gasteiger partial charge in [0.1, 0.15) is 0 Å². The second-order valence-corrected chi connectivity index (χ2v) is 5.81. The van der Waals surface area contributed by atoms with Crippen LogP contribution in [-0.4, -0.2) is 46.9 Å². The lowest BCUT2D eigenvalue weighted by Crippen LogP contribution is -2.53. The molecular weight excluding hydrogens is 324 g/mol. The Morgan fingerprint density at radius 3 is 2.50 bits per heavy atom. The van der Waals surface area contributed by atoms with Crippen molar-refractivity contribution in [3.05, 3.63) is 54.2 Å². The number of nitrogens with one attached hydrogen (secondary N) is 2. The topological polar surface area (TPSA) is 55.8 Å². The zero-order valence-electron chi connectivity index (χ0n) is 13.4. The second-order valence-electron chi connectivity index (χ2n) is 5.81. The molecule has 2 aliphatic rings. The van der Waals surface area contributed by atoms with Crippen LogP contribution in [0.1, 0.15) is 5.56 Å². The lowest BCUT2D eigenvalue weighted by molar-refractivity contribution is 0.173. The number of nitrogens with zero attached hydrogens (tertiary/aromatic N) is 4. The second kappa shape index (κ2) is 7.51. The molecule has 7 heteroatoms. The highest BCUT2D eigenvalue weighted by atomic mass is 35.5. The van der Waals surface area contributed by atoms with E-state index in [1.807, 2.05) is 12.1 Å². The first-order valence-electron chi connectivity index (χ1n) is 7.95. The van der Waals surface area contributed by atoms with Crippen LogP contribution in [0.4, 0.5) is 11.5 Å². The number of hydrogen-bond acceptors (Lipinski definition) is 6. The number of anilines is 1. The number of guanidine groups is 1. The van der Waals surface area contributed by atoms with Crippen molar-refractivity contribution in [2.45, 2.75) is 6.54 Å². The van der Waals surface area contributed by atoms with E-state index in [0.29, 0.717) is 0 Å². The molecule has 1 aromatic heterocycles. The largest absolute Gasteiger partial charge is 0.339 e. The van der Waals surface area contributed by atoms with Crippen LogP contribution in [0.2, 0.25) is 0 Å². The summed E-state index contributed by atoms with van der Waals surface area (Å²) in [6, 6.07) is 14.5. The van der Waals surface area contributed by atoms with Crippen LogP contribution in [0.15, 0.2) is 53.7 Å². The third-order valence-corrected chi connectivity index (χ3v) is 4.23. The van der Waals surface area contributed by atoms with Crippen molar-refractivity contribution in [2.24, 2.45) is 4.99 Å². The van der Waals surface area contributed by atoms with E-state index in [0.717, 1.165) is 50.2 Å². The molecule has 0 spiro atoms. The normalized spacial score (nSPS) is 17.0. The Bertz CT molecular complexity index is 697. The summed E-state index contributed by atoms with van der Waals surface area (Å²) in [7, 11) is 0. The van der Waals surface area contributed by atoms with Crippen molar-refractivity contribution in [1.29, 1.82) is 0 Å². The van der Waals surface area contributed by atoms with Crippen LogP contribution in [-0.2, 0) is 6.54 Å². The van der Waals surface area contributed by atoms with Gasteiger partial charge in [0.25, 0.3) is 0 Å². The third kappa shape index (κ3) is 3.60. The van der Waals surface area contributed by atoms with E-state index in [1.54, 1.807) is 6.20 Å². The highest BCUT2D eigenvalue weighted by molar-refractivity contribution is 5.88. The fourth-order valence-corrected chi connectivity index (χ4v) is 2.94. The minimum Gasteiger partial charge on any atom is -0.339 e. The Kier molecular flexibility index (Phi) is 5.17. The van der Waals surface area contributed by atoms with Crippen molar-refractivity contribution in [3.63, 3.8) is 0 Å². The highest BCUT2D eigenvalue weighted by Crippen LogP contribution is 2.23. The standard InChI is InChI=1S/C17H20N6.ClH/c1-2-5-14(6-3-1)13-22-9-11-23(12-10-22)17-19-16-15(20-21-17)7-4-8-18-16;/h1-8,20H,9-13H2,(H,18,19,21);1H. The van der Waals surface area contributed by atoms with Gasteiger partial charge in [0, 0.05) is 38.9 Å². The van der Waals surface area contributed by atoms with Crippen LogP contribution in [0.5, 0.6) is 0 Å². The number of piperazine rings is 1. The summed E-state index contributed by atoms with van der Waals surface area (Å²) in [5, 5.41) is 0. The van der Waals surface area contributed by atoms with Gasteiger partial charge in [-0.2, -0.15) is 4.99 Å². The maximum atomic E-state index is 4.62. The van der Waals surface area contributed by atoms with Gasteiger partial charge in [-0.25, -0.2) is 4.98 Å². The first-order chi connectivity index (χ1) is 11.4. The van der Waals surface area contributed by atoms with Crippen molar-refractivity contribution < 1.29 is 0 Å². The number of fused-ring (bicyclic) bond motifs is 1. The number of hydrogen-bond donors (Lipinski definition) is 2. The van der Waals surface area contributed by atoms with Gasteiger partial charge in [-0.15, -0.1) is 12.4 Å². The molecule has 1 saturated heterocycles. The van der Waals surface area contributed by atoms with E-state index in [1.165, 1.54) is 5.56 Å². The smallest absolute Gasteiger partial charge is 0.219 e. The van der Waals surface area contributed by atoms with Crippen LogP contribution in [0.3, 0.4) is 0 Å². The van der Waals surface area contributed by atoms with E-state index in [-0.39, 0.29) is 12.4 Å². The number of rotatable bonds is 2. The monoisotopic (exact) mass is 344 g/mol. The first-order valence-corrected chi connectivity index (χ1v) is 7.95. The van der Waals surface area contributed by atoms with Crippen molar-refractivity contribution in [1.82, 2.24) is 20.2 Å². The number of benzene rings is 1. The van der Waals surface area contributed by atoms with E-state index in [4.69, 9.17) is 0 Å². The number of pyridine rings is 1. The molecule has 1 aromatic carbocycles. The maximum absolute atomic E-state index is 4.62. The summed E-state index contributed by atoms with van der Waals surface area (Å²) in [4.78, 5) is 13.7. The maximum Gasteiger partial charge on any atom is 0.219 e. The van der Waals surface area contributed by atoms with Gasteiger partial charge >= 0.3 is 0 Å². The summed E-state index contributed by atoms with van der Waals surface area (Å²) in [5.74, 6) is 1.60. The van der Waals surface area contributed by atoms with Crippen molar-refractivity contribution >= 4 is 29.9 Å². The molecule has 0 aliphatic carbocycles. The van der Waals surface area contributed by atoms with Crippen molar-refractivity contribution in [2.75, 3.05) is 31.6 Å². The molecule has 0 atom stereocenters. The lowest BCUT2D eigenvalue weighted by atomic mass is 10.2. The Morgan fingerprint density at radius 2 is 1.71 bits per heavy atom. The van der Waals surface area contributed by atoms with Crippen molar-refractivity contribution in [3.8, 4) is 0 Å². The molecule has 2 N–H and O–H groups in total. The molecule has 0 bridgehead atoms. The molecule has 4 rings (SSSR count). The number of aliphatic imine (C=N–C) groups is 1. The van der Waals surface area contributed by atoms with Crippen LogP contribution in [0.25, 0.3) is 0 Å². The Hall–Kier alpha value is -2.31. The molecule has 0 saturated carbocycles. The zero-order chi connectivity index (χ0) is 15.5. The summed E-state index contributed by atoms with van der Waals surface area (Å²) >= 11 is 0. The quantitative estimate of drug-likeness (QED) is 0.875. The predicted molar refractivity (Wildman–Crippen MR) is 98.6 cm³/mol. The summed E-state index contributed by atoms with van der Waals surface area (Å²) in [6.45, 7) is 5.00. The van der Waals surface area contributed by atoms with Crippen LogP contribution < -0.4 is 10.9 Å². The third-order valence-electron chi connectivity index (χ3n) is 4.23. The van der Waals surface area contributed by atoms with Gasteiger partial charge in [0.05, 0.1) is 5.69 Å². The van der Waals surface area contributed by atoms with E-state index < -0.39 is 0 Å². The highest BCUT2D eigenvalue weighted by Gasteiger charge is 2.22. The fraction of sp³-hybridized carbons (Fsp3) is 0.294. The molecule has 0 radical (unpaired) electrons. The molecule has 1 fully saturated rings. The summed E-state index contributed by atoms with van der Waals surface area (Å²) in [5.41, 5.74) is 8.62. The van der Waals surface area contributed by atoms with Gasteiger partial charge < -0.3 is 4.90 Å². The van der Waals surface area contributed by atoms with E-state index in [2.05, 4.69) is 61.0 Å². The minimum absolute atomic E-state index is 0. The fourth-order valence-electron chi connectivity index (χ4n) is 2.94. The Morgan fingerprint density at radius 1 is 0.917 bits per heavy atom. The molecule has 2 aliphatic heterocycles. The average Bonchev–Trinajstić information content (AvgIpc) is 2.63.